The van der Waals surface area contributed by atoms with Crippen LogP contribution in [0.25, 0.3) is 0 Å². The van der Waals surface area contributed by atoms with Crippen LogP contribution in [0.1, 0.15) is 39.4 Å². The largest absolute Gasteiger partial charge is 0.360 e. The van der Waals surface area contributed by atoms with Crippen LogP contribution in [0.3, 0.4) is 0 Å². The molecule has 1 atom stereocenters. The van der Waals surface area contributed by atoms with Gasteiger partial charge in [-0.3, -0.25) is 9.59 Å². The SMILES string of the molecule is Cc1cc(NC(=O)CSCC(=O)NC(C)CCC(C)C)no1. The van der Waals surface area contributed by atoms with Gasteiger partial charge in [0, 0.05) is 12.1 Å². The molecule has 124 valence electrons. The zero-order valence-corrected chi connectivity index (χ0v) is 14.5. The van der Waals surface area contributed by atoms with Crippen molar-refractivity contribution in [2.45, 2.75) is 46.6 Å². The van der Waals surface area contributed by atoms with Crippen molar-refractivity contribution < 1.29 is 14.1 Å². The van der Waals surface area contributed by atoms with E-state index in [9.17, 15) is 9.59 Å². The number of hydrogen-bond donors (Lipinski definition) is 2. The average Bonchev–Trinajstić information content (AvgIpc) is 2.81. The Kier molecular flexibility index (Phi) is 8.01. The molecule has 1 heterocycles. The number of hydrogen-bond acceptors (Lipinski definition) is 5. The van der Waals surface area contributed by atoms with Crippen LogP contribution >= 0.6 is 11.8 Å². The summed E-state index contributed by atoms with van der Waals surface area (Å²) in [6, 6.07) is 1.81. The molecule has 6 nitrogen and oxygen atoms in total. The normalized spacial score (nSPS) is 12.2. The molecule has 2 amide bonds. The summed E-state index contributed by atoms with van der Waals surface area (Å²) in [5.41, 5.74) is 0. The summed E-state index contributed by atoms with van der Waals surface area (Å²) >= 11 is 1.28. The molecule has 0 aliphatic heterocycles. The molecule has 2 N–H and O–H groups in total. The highest BCUT2D eigenvalue weighted by Gasteiger charge is 2.10. The predicted octanol–water partition coefficient (Wildman–Crippen LogP) is 2.60. The van der Waals surface area contributed by atoms with Gasteiger partial charge in [0.05, 0.1) is 11.5 Å². The topological polar surface area (TPSA) is 84.2 Å². The zero-order chi connectivity index (χ0) is 16.5. The van der Waals surface area contributed by atoms with Crippen molar-refractivity contribution in [1.82, 2.24) is 10.5 Å². The number of thioether (sulfide) groups is 1. The van der Waals surface area contributed by atoms with Crippen LogP contribution < -0.4 is 10.6 Å². The first-order chi connectivity index (χ1) is 10.4. The summed E-state index contributed by atoms with van der Waals surface area (Å²) in [4.78, 5) is 23.4. The van der Waals surface area contributed by atoms with Crippen LogP contribution in [0.4, 0.5) is 5.82 Å². The second-order valence-electron chi connectivity index (χ2n) is 5.80. The number of aromatic nitrogens is 1. The minimum absolute atomic E-state index is 0.0358. The van der Waals surface area contributed by atoms with Gasteiger partial charge in [-0.05, 0) is 32.6 Å². The van der Waals surface area contributed by atoms with Gasteiger partial charge in [-0.25, -0.2) is 0 Å². The van der Waals surface area contributed by atoms with E-state index in [1.807, 2.05) is 6.92 Å². The molecule has 0 spiro atoms. The lowest BCUT2D eigenvalue weighted by atomic mass is 10.0. The number of aryl methyl sites for hydroxylation is 1. The first-order valence-corrected chi connectivity index (χ1v) is 8.62. The van der Waals surface area contributed by atoms with Gasteiger partial charge >= 0.3 is 0 Å². The lowest BCUT2D eigenvalue weighted by Crippen LogP contribution is -2.34. The van der Waals surface area contributed by atoms with E-state index >= 15 is 0 Å². The van der Waals surface area contributed by atoms with E-state index in [-0.39, 0.29) is 29.4 Å². The summed E-state index contributed by atoms with van der Waals surface area (Å²) in [5, 5.41) is 9.23. The standard InChI is InChI=1S/C15H25N3O3S/c1-10(2)5-6-11(3)16-14(19)8-22-9-15(20)17-13-7-12(4)21-18-13/h7,10-11H,5-6,8-9H2,1-4H3,(H,16,19)(H,17,18,20). The van der Waals surface area contributed by atoms with Crippen LogP contribution in [0.15, 0.2) is 10.6 Å². The van der Waals surface area contributed by atoms with E-state index in [4.69, 9.17) is 4.52 Å². The predicted molar refractivity (Wildman–Crippen MR) is 88.9 cm³/mol. The Morgan fingerprint density at radius 3 is 2.50 bits per heavy atom. The molecule has 0 radical (unpaired) electrons. The maximum Gasteiger partial charge on any atom is 0.235 e. The van der Waals surface area contributed by atoms with Gasteiger partial charge in [0.1, 0.15) is 5.76 Å². The first kappa shape index (κ1) is 18.5. The van der Waals surface area contributed by atoms with Gasteiger partial charge in [0.2, 0.25) is 11.8 Å². The summed E-state index contributed by atoms with van der Waals surface area (Å²) in [6.45, 7) is 8.09. The van der Waals surface area contributed by atoms with Crippen molar-refractivity contribution in [2.75, 3.05) is 16.8 Å². The molecule has 7 heteroatoms. The molecule has 0 saturated heterocycles. The van der Waals surface area contributed by atoms with E-state index in [0.717, 1.165) is 12.8 Å². The molecule has 0 aliphatic rings. The number of anilines is 1. The molecular formula is C15H25N3O3S. The Hall–Kier alpha value is -1.50. The number of nitrogens with zero attached hydrogens (tertiary/aromatic N) is 1. The highest BCUT2D eigenvalue weighted by molar-refractivity contribution is 8.00. The van der Waals surface area contributed by atoms with Crippen molar-refractivity contribution in [3.63, 3.8) is 0 Å². The van der Waals surface area contributed by atoms with Crippen molar-refractivity contribution >= 4 is 29.4 Å². The van der Waals surface area contributed by atoms with Crippen molar-refractivity contribution in [3.8, 4) is 0 Å². The lowest BCUT2D eigenvalue weighted by Gasteiger charge is -2.14. The van der Waals surface area contributed by atoms with Crippen LogP contribution in [0.5, 0.6) is 0 Å². The average molecular weight is 327 g/mol. The van der Waals surface area contributed by atoms with Crippen LogP contribution in [-0.4, -0.2) is 34.5 Å². The van der Waals surface area contributed by atoms with Crippen molar-refractivity contribution in [3.05, 3.63) is 11.8 Å². The third-order valence-corrected chi connectivity index (χ3v) is 3.88. The van der Waals surface area contributed by atoms with Gasteiger partial charge in [-0.2, -0.15) is 0 Å². The van der Waals surface area contributed by atoms with E-state index in [1.54, 1.807) is 13.0 Å². The minimum atomic E-state index is -0.195. The quantitative estimate of drug-likeness (QED) is 0.728. The van der Waals surface area contributed by atoms with Crippen LogP contribution in [0, 0.1) is 12.8 Å². The van der Waals surface area contributed by atoms with Gasteiger partial charge in [-0.1, -0.05) is 19.0 Å². The van der Waals surface area contributed by atoms with Crippen molar-refractivity contribution in [2.24, 2.45) is 5.92 Å². The van der Waals surface area contributed by atoms with E-state index in [2.05, 4.69) is 29.6 Å². The van der Waals surface area contributed by atoms with Gasteiger partial charge < -0.3 is 15.2 Å². The van der Waals surface area contributed by atoms with Gasteiger partial charge in [0.25, 0.3) is 0 Å². The zero-order valence-electron chi connectivity index (χ0n) is 13.6. The second kappa shape index (κ2) is 9.50. The number of carbonyl (C=O) groups is 2. The Balaban J connectivity index is 2.15. The Morgan fingerprint density at radius 2 is 1.91 bits per heavy atom. The Labute approximate surface area is 135 Å². The third-order valence-electron chi connectivity index (χ3n) is 2.95. The maximum absolute atomic E-state index is 11.8. The highest BCUT2D eigenvalue weighted by Crippen LogP contribution is 2.09. The molecule has 1 rings (SSSR count). The maximum atomic E-state index is 11.8. The summed E-state index contributed by atoms with van der Waals surface area (Å²) < 4.78 is 4.86. The molecule has 0 saturated carbocycles. The molecular weight excluding hydrogens is 302 g/mol. The second-order valence-corrected chi connectivity index (χ2v) is 6.79. The molecule has 1 unspecified atom stereocenters. The number of carbonyl (C=O) groups excluding carboxylic acids is 2. The van der Waals surface area contributed by atoms with Crippen LogP contribution in [0.2, 0.25) is 0 Å². The smallest absolute Gasteiger partial charge is 0.235 e. The monoisotopic (exact) mass is 327 g/mol. The van der Waals surface area contributed by atoms with Gasteiger partial charge in [0.15, 0.2) is 5.82 Å². The van der Waals surface area contributed by atoms with E-state index < -0.39 is 0 Å². The third kappa shape index (κ3) is 8.07. The summed E-state index contributed by atoms with van der Waals surface area (Å²) in [5.74, 6) is 1.92. The van der Waals surface area contributed by atoms with E-state index in [1.165, 1.54) is 11.8 Å². The molecule has 1 aromatic rings. The number of amides is 2. The highest BCUT2D eigenvalue weighted by atomic mass is 32.2. The van der Waals surface area contributed by atoms with Crippen molar-refractivity contribution in [1.29, 1.82) is 0 Å². The number of rotatable bonds is 9. The van der Waals surface area contributed by atoms with Gasteiger partial charge in [-0.15, -0.1) is 11.8 Å². The first-order valence-electron chi connectivity index (χ1n) is 7.47. The summed E-state index contributed by atoms with van der Waals surface area (Å²) in [6.07, 6.45) is 2.06. The Morgan fingerprint density at radius 1 is 1.23 bits per heavy atom. The molecule has 22 heavy (non-hydrogen) atoms. The fourth-order valence-corrected chi connectivity index (χ4v) is 2.44. The minimum Gasteiger partial charge on any atom is -0.360 e. The molecule has 1 aromatic heterocycles. The van der Waals surface area contributed by atoms with Crippen LogP contribution in [-0.2, 0) is 9.59 Å². The fourth-order valence-electron chi connectivity index (χ4n) is 1.81. The molecule has 0 bridgehead atoms. The molecule has 0 fully saturated rings. The lowest BCUT2D eigenvalue weighted by molar-refractivity contribution is -0.119. The molecule has 0 aromatic carbocycles. The summed E-state index contributed by atoms with van der Waals surface area (Å²) in [7, 11) is 0. The van der Waals surface area contributed by atoms with E-state index in [0.29, 0.717) is 17.5 Å². The Bertz CT molecular complexity index is 488. The number of nitrogens with one attached hydrogen (secondary N) is 2. The fraction of sp³-hybridized carbons (Fsp3) is 0.667. The molecule has 0 aliphatic carbocycles.